The molecule has 1 fully saturated rings. The Balaban J connectivity index is 1.97. The molecule has 0 aromatic heterocycles. The second-order valence-corrected chi connectivity index (χ2v) is 5.64. The van der Waals surface area contributed by atoms with Gasteiger partial charge in [0.25, 0.3) is 5.92 Å². The van der Waals surface area contributed by atoms with E-state index < -0.39 is 5.92 Å². The number of rotatable bonds is 7. The van der Waals surface area contributed by atoms with Gasteiger partial charge in [-0.3, -0.25) is 0 Å². The van der Waals surface area contributed by atoms with E-state index in [2.05, 4.69) is 18.7 Å². The van der Waals surface area contributed by atoms with E-state index in [4.69, 9.17) is 0 Å². The summed E-state index contributed by atoms with van der Waals surface area (Å²) in [7, 11) is 1.97. The van der Waals surface area contributed by atoms with E-state index in [1.807, 2.05) is 7.05 Å². The number of nitrogens with zero attached hydrogens (tertiary/aromatic N) is 1. The van der Waals surface area contributed by atoms with Crippen LogP contribution in [0.25, 0.3) is 0 Å². The average Bonchev–Trinajstić information content (AvgIpc) is 2.12. The third-order valence-corrected chi connectivity index (χ3v) is 3.48. The molecule has 0 bridgehead atoms. The highest BCUT2D eigenvalue weighted by Crippen LogP contribution is 2.39. The first-order valence-electron chi connectivity index (χ1n) is 6.49. The summed E-state index contributed by atoms with van der Waals surface area (Å²) < 4.78 is 25.3. The van der Waals surface area contributed by atoms with Crippen LogP contribution in [0.3, 0.4) is 0 Å². The Morgan fingerprint density at radius 2 is 1.81 bits per heavy atom. The topological polar surface area (TPSA) is 3.24 Å². The van der Waals surface area contributed by atoms with E-state index in [0.29, 0.717) is 0 Å². The van der Waals surface area contributed by atoms with Gasteiger partial charge in [-0.05, 0) is 25.9 Å². The molecule has 1 nitrogen and oxygen atoms in total. The van der Waals surface area contributed by atoms with E-state index in [1.54, 1.807) is 0 Å². The van der Waals surface area contributed by atoms with Gasteiger partial charge in [-0.2, -0.15) is 0 Å². The lowest BCUT2D eigenvalue weighted by atomic mass is 9.87. The zero-order valence-electron chi connectivity index (χ0n) is 10.8. The first-order valence-corrected chi connectivity index (χ1v) is 6.49. The number of halogens is 2. The molecule has 3 heteroatoms. The van der Waals surface area contributed by atoms with Gasteiger partial charge < -0.3 is 4.90 Å². The highest BCUT2D eigenvalue weighted by Gasteiger charge is 2.46. The van der Waals surface area contributed by atoms with E-state index in [-0.39, 0.29) is 18.9 Å². The fraction of sp³-hybridized carbons (Fsp3) is 1.00. The summed E-state index contributed by atoms with van der Waals surface area (Å²) in [5.41, 5.74) is 0. The molecule has 0 aromatic carbocycles. The first-order chi connectivity index (χ1) is 7.41. The van der Waals surface area contributed by atoms with Crippen LogP contribution in [-0.4, -0.2) is 30.5 Å². The van der Waals surface area contributed by atoms with Crippen LogP contribution in [0, 0.1) is 5.92 Å². The highest BCUT2D eigenvalue weighted by atomic mass is 19.3. The zero-order chi connectivity index (χ0) is 12.2. The lowest BCUT2D eigenvalue weighted by molar-refractivity contribution is -0.119. The zero-order valence-corrected chi connectivity index (χ0v) is 10.8. The van der Waals surface area contributed by atoms with Crippen molar-refractivity contribution in [3.63, 3.8) is 0 Å². The quantitative estimate of drug-likeness (QED) is 0.602. The molecule has 1 rings (SSSR count). The van der Waals surface area contributed by atoms with Crippen LogP contribution in [0.2, 0.25) is 0 Å². The summed E-state index contributed by atoms with van der Waals surface area (Å²) >= 11 is 0. The average molecular weight is 233 g/mol. The fourth-order valence-corrected chi connectivity index (χ4v) is 2.21. The fourth-order valence-electron chi connectivity index (χ4n) is 2.21. The van der Waals surface area contributed by atoms with Crippen molar-refractivity contribution in [2.45, 2.75) is 64.3 Å². The standard InChI is InChI=1S/C13H25F2N/c1-11(2)7-5-4-6-8-16(3)12-9-13(14,15)10-12/h11-12H,4-10H2,1-3H3. The SMILES string of the molecule is CC(C)CCCCCN(C)C1CC(F)(F)C1. The molecule has 0 spiro atoms. The molecule has 0 amide bonds. The number of unbranched alkanes of at least 4 members (excludes halogenated alkanes) is 2. The van der Waals surface area contributed by atoms with Crippen molar-refractivity contribution in [1.29, 1.82) is 0 Å². The van der Waals surface area contributed by atoms with Crippen LogP contribution in [0.15, 0.2) is 0 Å². The van der Waals surface area contributed by atoms with Gasteiger partial charge in [0, 0.05) is 18.9 Å². The largest absolute Gasteiger partial charge is 0.303 e. The summed E-state index contributed by atoms with van der Waals surface area (Å²) in [6.07, 6.45) is 5.06. The van der Waals surface area contributed by atoms with Gasteiger partial charge in [-0.25, -0.2) is 8.78 Å². The number of hydrogen-bond donors (Lipinski definition) is 0. The molecule has 0 aliphatic heterocycles. The molecule has 96 valence electrons. The molecule has 1 aliphatic carbocycles. The Labute approximate surface area is 98.2 Å². The maximum atomic E-state index is 12.7. The van der Waals surface area contributed by atoms with Gasteiger partial charge in [0.2, 0.25) is 0 Å². The number of alkyl halides is 2. The molecular weight excluding hydrogens is 208 g/mol. The van der Waals surface area contributed by atoms with Gasteiger partial charge in [-0.1, -0.05) is 33.1 Å². The minimum absolute atomic E-state index is 0.0650. The lowest BCUT2D eigenvalue weighted by Crippen LogP contribution is -2.49. The molecule has 1 aliphatic rings. The van der Waals surface area contributed by atoms with E-state index >= 15 is 0 Å². The Morgan fingerprint density at radius 1 is 1.19 bits per heavy atom. The van der Waals surface area contributed by atoms with Crippen molar-refractivity contribution in [3.8, 4) is 0 Å². The van der Waals surface area contributed by atoms with Crippen molar-refractivity contribution in [2.75, 3.05) is 13.6 Å². The number of hydrogen-bond acceptors (Lipinski definition) is 1. The van der Waals surface area contributed by atoms with E-state index in [1.165, 1.54) is 19.3 Å². The summed E-state index contributed by atoms with van der Waals surface area (Å²) in [6.45, 7) is 5.45. The second-order valence-electron chi connectivity index (χ2n) is 5.64. The van der Waals surface area contributed by atoms with Crippen LogP contribution >= 0.6 is 0 Å². The van der Waals surface area contributed by atoms with E-state index in [9.17, 15) is 8.78 Å². The Morgan fingerprint density at radius 3 is 2.31 bits per heavy atom. The summed E-state index contributed by atoms with van der Waals surface area (Å²) in [5, 5.41) is 0. The van der Waals surface area contributed by atoms with Gasteiger partial charge >= 0.3 is 0 Å². The van der Waals surface area contributed by atoms with Crippen molar-refractivity contribution in [1.82, 2.24) is 4.90 Å². The minimum atomic E-state index is -2.38. The maximum Gasteiger partial charge on any atom is 0.251 e. The third kappa shape index (κ3) is 4.77. The third-order valence-electron chi connectivity index (χ3n) is 3.48. The predicted octanol–water partition coefficient (Wildman–Crippen LogP) is 3.93. The molecule has 0 saturated heterocycles. The van der Waals surface area contributed by atoms with E-state index in [0.717, 1.165) is 18.9 Å². The molecule has 0 unspecified atom stereocenters. The molecule has 0 heterocycles. The summed E-state index contributed by atoms with van der Waals surface area (Å²) in [6, 6.07) is 0.125. The molecule has 0 aromatic rings. The molecule has 0 atom stereocenters. The monoisotopic (exact) mass is 233 g/mol. The van der Waals surface area contributed by atoms with Crippen LogP contribution < -0.4 is 0 Å². The minimum Gasteiger partial charge on any atom is -0.303 e. The van der Waals surface area contributed by atoms with Crippen LogP contribution in [0.5, 0.6) is 0 Å². The normalized spacial score (nSPS) is 20.4. The van der Waals surface area contributed by atoms with Gasteiger partial charge in [0.05, 0.1) is 0 Å². The van der Waals surface area contributed by atoms with Gasteiger partial charge in [0.1, 0.15) is 0 Å². The lowest BCUT2D eigenvalue weighted by Gasteiger charge is -2.40. The van der Waals surface area contributed by atoms with Crippen molar-refractivity contribution in [2.24, 2.45) is 5.92 Å². The van der Waals surface area contributed by atoms with Crippen LogP contribution in [-0.2, 0) is 0 Å². The van der Waals surface area contributed by atoms with Gasteiger partial charge in [-0.15, -0.1) is 0 Å². The molecule has 0 N–H and O–H groups in total. The van der Waals surface area contributed by atoms with Crippen LogP contribution in [0.4, 0.5) is 8.78 Å². The Kier molecular flexibility index (Phi) is 5.16. The maximum absolute atomic E-state index is 12.7. The van der Waals surface area contributed by atoms with Crippen molar-refractivity contribution < 1.29 is 8.78 Å². The summed E-state index contributed by atoms with van der Waals surface area (Å²) in [5.74, 6) is -1.60. The Hall–Kier alpha value is -0.180. The second kappa shape index (κ2) is 5.95. The predicted molar refractivity (Wildman–Crippen MR) is 63.9 cm³/mol. The van der Waals surface area contributed by atoms with Crippen LogP contribution in [0.1, 0.15) is 52.4 Å². The first kappa shape index (κ1) is 13.9. The summed E-state index contributed by atoms with van der Waals surface area (Å²) in [4.78, 5) is 2.10. The molecule has 1 saturated carbocycles. The van der Waals surface area contributed by atoms with Crippen molar-refractivity contribution in [3.05, 3.63) is 0 Å². The molecule has 0 radical (unpaired) electrons. The highest BCUT2D eigenvalue weighted by molar-refractivity contribution is 4.91. The smallest absolute Gasteiger partial charge is 0.251 e. The van der Waals surface area contributed by atoms with Crippen molar-refractivity contribution >= 4 is 0 Å². The Bertz CT molecular complexity index is 196. The molecule has 16 heavy (non-hydrogen) atoms. The van der Waals surface area contributed by atoms with Gasteiger partial charge in [0.15, 0.2) is 0 Å². The molecular formula is C13H25F2N.